The summed E-state index contributed by atoms with van der Waals surface area (Å²) >= 11 is 0. The highest BCUT2D eigenvalue weighted by atomic mass is 19.1. The molecule has 0 spiro atoms. The molecular weight excluding hydrogens is 248 g/mol. The molecule has 0 radical (unpaired) electrons. The third kappa shape index (κ3) is 2.90. The number of halogens is 2. The van der Waals surface area contributed by atoms with Crippen LogP contribution in [0.5, 0.6) is 0 Å². The summed E-state index contributed by atoms with van der Waals surface area (Å²) in [5.74, 6) is -0.691. The molecule has 0 unspecified atom stereocenters. The molecule has 1 N–H and O–H groups in total. The first kappa shape index (κ1) is 13.5. The molecular formula is C15H15F2NO. The lowest BCUT2D eigenvalue weighted by Gasteiger charge is -2.25. The quantitative estimate of drug-likeness (QED) is 0.910. The van der Waals surface area contributed by atoms with Crippen molar-refractivity contribution in [2.24, 2.45) is 0 Å². The van der Waals surface area contributed by atoms with Gasteiger partial charge in [0.25, 0.3) is 0 Å². The van der Waals surface area contributed by atoms with Crippen LogP contribution in [0.4, 0.5) is 20.2 Å². The Labute approximate surface area is 110 Å². The fourth-order valence-electron chi connectivity index (χ4n) is 2.06. The SMILES string of the molecule is CCN(c1ccc(F)cc1)c1ccc(F)cc1CO. The van der Waals surface area contributed by atoms with Gasteiger partial charge in [-0.25, -0.2) is 8.78 Å². The fraction of sp³-hybridized carbons (Fsp3) is 0.200. The van der Waals surface area contributed by atoms with E-state index in [9.17, 15) is 13.9 Å². The van der Waals surface area contributed by atoms with Crippen LogP contribution in [0.2, 0.25) is 0 Å². The maximum atomic E-state index is 13.2. The molecule has 2 nitrogen and oxygen atoms in total. The molecule has 0 bridgehead atoms. The summed E-state index contributed by atoms with van der Waals surface area (Å²) in [6.07, 6.45) is 0. The molecule has 0 aliphatic heterocycles. The van der Waals surface area contributed by atoms with E-state index in [-0.39, 0.29) is 18.2 Å². The molecule has 0 aliphatic rings. The highest BCUT2D eigenvalue weighted by Crippen LogP contribution is 2.29. The normalized spacial score (nSPS) is 10.5. The molecule has 0 fully saturated rings. The summed E-state index contributed by atoms with van der Waals surface area (Å²) in [4.78, 5) is 1.89. The maximum absolute atomic E-state index is 13.2. The molecule has 2 aromatic rings. The minimum absolute atomic E-state index is 0.245. The third-order valence-electron chi connectivity index (χ3n) is 2.96. The van der Waals surface area contributed by atoms with E-state index in [2.05, 4.69) is 0 Å². The van der Waals surface area contributed by atoms with Crippen molar-refractivity contribution in [2.75, 3.05) is 11.4 Å². The summed E-state index contributed by atoms with van der Waals surface area (Å²) in [6, 6.07) is 10.3. The molecule has 2 rings (SSSR count). The van der Waals surface area contributed by atoms with Gasteiger partial charge in [0, 0.05) is 23.5 Å². The Balaban J connectivity index is 2.44. The number of anilines is 2. The van der Waals surface area contributed by atoms with Crippen molar-refractivity contribution in [2.45, 2.75) is 13.5 Å². The predicted octanol–water partition coefficient (Wildman–Crippen LogP) is 3.62. The van der Waals surface area contributed by atoms with Gasteiger partial charge in [-0.3, -0.25) is 0 Å². The van der Waals surface area contributed by atoms with Crippen molar-refractivity contribution in [3.63, 3.8) is 0 Å². The second-order valence-corrected chi connectivity index (χ2v) is 4.15. The van der Waals surface area contributed by atoms with E-state index in [1.165, 1.54) is 24.3 Å². The lowest BCUT2D eigenvalue weighted by atomic mass is 10.1. The Morgan fingerprint density at radius 3 is 2.21 bits per heavy atom. The number of hydrogen-bond acceptors (Lipinski definition) is 2. The van der Waals surface area contributed by atoms with Gasteiger partial charge < -0.3 is 10.0 Å². The zero-order valence-electron chi connectivity index (χ0n) is 10.6. The minimum Gasteiger partial charge on any atom is -0.392 e. The van der Waals surface area contributed by atoms with Gasteiger partial charge in [0.15, 0.2) is 0 Å². The molecule has 0 heterocycles. The smallest absolute Gasteiger partial charge is 0.123 e. The zero-order chi connectivity index (χ0) is 13.8. The van der Waals surface area contributed by atoms with Crippen LogP contribution in [-0.4, -0.2) is 11.7 Å². The fourth-order valence-corrected chi connectivity index (χ4v) is 2.06. The standard InChI is InChI=1S/C15H15F2NO/c1-2-18(14-6-3-12(16)4-7-14)15-8-5-13(17)9-11(15)10-19/h3-9,19H,2,10H2,1H3. The van der Waals surface area contributed by atoms with Gasteiger partial charge in [-0.1, -0.05) is 0 Å². The first-order chi connectivity index (χ1) is 9.15. The Morgan fingerprint density at radius 1 is 1.00 bits per heavy atom. The second kappa shape index (κ2) is 5.80. The Bertz CT molecular complexity index is 555. The zero-order valence-corrected chi connectivity index (χ0v) is 10.6. The largest absolute Gasteiger partial charge is 0.392 e. The van der Waals surface area contributed by atoms with E-state index in [4.69, 9.17) is 0 Å². The number of nitrogens with zero attached hydrogens (tertiary/aromatic N) is 1. The van der Waals surface area contributed by atoms with Crippen molar-refractivity contribution in [3.05, 3.63) is 59.7 Å². The molecule has 100 valence electrons. The van der Waals surface area contributed by atoms with Crippen LogP contribution in [-0.2, 0) is 6.61 Å². The average molecular weight is 263 g/mol. The molecule has 2 aromatic carbocycles. The topological polar surface area (TPSA) is 23.5 Å². The highest BCUT2D eigenvalue weighted by molar-refractivity contribution is 5.66. The number of aliphatic hydroxyl groups is 1. The molecule has 0 saturated heterocycles. The molecule has 0 aliphatic carbocycles. The summed E-state index contributed by atoms with van der Waals surface area (Å²) in [6.45, 7) is 2.32. The van der Waals surface area contributed by atoms with Gasteiger partial charge in [-0.05, 0) is 49.4 Å². The monoisotopic (exact) mass is 263 g/mol. The van der Waals surface area contributed by atoms with Crippen molar-refractivity contribution in [3.8, 4) is 0 Å². The van der Waals surface area contributed by atoms with E-state index in [1.54, 1.807) is 18.2 Å². The maximum Gasteiger partial charge on any atom is 0.123 e. The van der Waals surface area contributed by atoms with E-state index in [0.29, 0.717) is 12.1 Å². The summed E-state index contributed by atoms with van der Waals surface area (Å²) in [7, 11) is 0. The Kier molecular flexibility index (Phi) is 4.12. The van der Waals surface area contributed by atoms with Gasteiger partial charge in [0.1, 0.15) is 11.6 Å². The van der Waals surface area contributed by atoms with Crippen molar-refractivity contribution in [1.82, 2.24) is 0 Å². The number of rotatable bonds is 4. The van der Waals surface area contributed by atoms with Gasteiger partial charge in [0.05, 0.1) is 6.61 Å². The molecule has 19 heavy (non-hydrogen) atoms. The highest BCUT2D eigenvalue weighted by Gasteiger charge is 2.12. The van der Waals surface area contributed by atoms with Crippen LogP contribution in [0.15, 0.2) is 42.5 Å². The van der Waals surface area contributed by atoms with Crippen LogP contribution in [0.1, 0.15) is 12.5 Å². The third-order valence-corrected chi connectivity index (χ3v) is 2.96. The first-order valence-electron chi connectivity index (χ1n) is 6.08. The lowest BCUT2D eigenvalue weighted by molar-refractivity contribution is 0.281. The van der Waals surface area contributed by atoms with Crippen LogP contribution in [0, 0.1) is 11.6 Å². The van der Waals surface area contributed by atoms with Crippen molar-refractivity contribution >= 4 is 11.4 Å². The van der Waals surface area contributed by atoms with Gasteiger partial charge in [0.2, 0.25) is 0 Å². The van der Waals surface area contributed by atoms with Crippen molar-refractivity contribution in [1.29, 1.82) is 0 Å². The van der Waals surface area contributed by atoms with Gasteiger partial charge in [-0.15, -0.1) is 0 Å². The summed E-state index contributed by atoms with van der Waals surface area (Å²) in [5, 5.41) is 9.32. The summed E-state index contributed by atoms with van der Waals surface area (Å²) < 4.78 is 26.1. The Morgan fingerprint density at radius 2 is 1.63 bits per heavy atom. The molecule has 0 atom stereocenters. The van der Waals surface area contributed by atoms with Crippen molar-refractivity contribution < 1.29 is 13.9 Å². The summed E-state index contributed by atoms with van der Waals surface area (Å²) in [5.41, 5.74) is 2.02. The van der Waals surface area contributed by atoms with Crippen LogP contribution in [0.3, 0.4) is 0 Å². The van der Waals surface area contributed by atoms with Gasteiger partial charge in [-0.2, -0.15) is 0 Å². The van der Waals surface area contributed by atoms with Crippen LogP contribution >= 0.6 is 0 Å². The van der Waals surface area contributed by atoms with E-state index < -0.39 is 0 Å². The minimum atomic E-state index is -0.386. The van der Waals surface area contributed by atoms with Gasteiger partial charge >= 0.3 is 0 Å². The first-order valence-corrected chi connectivity index (χ1v) is 6.08. The molecule has 0 amide bonds. The lowest BCUT2D eigenvalue weighted by Crippen LogP contribution is -2.17. The van der Waals surface area contributed by atoms with E-state index in [1.807, 2.05) is 11.8 Å². The predicted molar refractivity (Wildman–Crippen MR) is 71.4 cm³/mol. The second-order valence-electron chi connectivity index (χ2n) is 4.15. The van der Waals surface area contributed by atoms with Crippen LogP contribution < -0.4 is 4.90 Å². The molecule has 4 heteroatoms. The van der Waals surface area contributed by atoms with Crippen LogP contribution in [0.25, 0.3) is 0 Å². The average Bonchev–Trinajstić information content (AvgIpc) is 2.43. The van der Waals surface area contributed by atoms with E-state index >= 15 is 0 Å². The Hall–Kier alpha value is -1.94. The molecule has 0 aromatic heterocycles. The number of aliphatic hydroxyl groups excluding tert-OH is 1. The number of hydrogen-bond donors (Lipinski definition) is 1. The number of benzene rings is 2. The van der Waals surface area contributed by atoms with E-state index in [0.717, 1.165) is 11.4 Å². The molecule has 0 saturated carbocycles.